The van der Waals surface area contributed by atoms with Gasteiger partial charge in [0.25, 0.3) is 5.91 Å². The van der Waals surface area contributed by atoms with Gasteiger partial charge in [0.05, 0.1) is 6.10 Å². The summed E-state index contributed by atoms with van der Waals surface area (Å²) < 4.78 is 0. The zero-order valence-corrected chi connectivity index (χ0v) is 30.4. The Hall–Kier alpha value is -5.29. The van der Waals surface area contributed by atoms with E-state index in [2.05, 4.69) is 41.5 Å². The van der Waals surface area contributed by atoms with Gasteiger partial charge in [-0.25, -0.2) is 15.0 Å². The minimum atomic E-state index is -1.48. The minimum Gasteiger partial charge on any atom is -0.391 e. The highest BCUT2D eigenvalue weighted by Crippen LogP contribution is 2.21. The minimum absolute atomic E-state index is 0.0600. The molecule has 2 aromatic heterocycles. The van der Waals surface area contributed by atoms with E-state index in [1.807, 2.05) is 30.3 Å². The van der Waals surface area contributed by atoms with Gasteiger partial charge in [0.2, 0.25) is 29.5 Å². The average Bonchev–Trinajstić information content (AvgIpc) is 3.86. The van der Waals surface area contributed by atoms with Crippen molar-refractivity contribution in [2.75, 3.05) is 13.1 Å². The molecule has 0 radical (unpaired) electrons. The van der Waals surface area contributed by atoms with Crippen molar-refractivity contribution in [2.24, 2.45) is 0 Å². The van der Waals surface area contributed by atoms with Crippen LogP contribution in [0.4, 0.5) is 0 Å². The number of rotatable bonds is 7. The molecule has 17 heteroatoms. The first-order valence-electron chi connectivity index (χ1n) is 17.8. The second kappa shape index (κ2) is 18.5. The molecule has 3 aromatic rings. The fourth-order valence-corrected chi connectivity index (χ4v) is 7.04. The smallest absolute Gasteiger partial charge is 0.271 e. The number of hydrogen-bond acceptors (Lipinski definition) is 11. The molecular formula is C36H45N9O7S. The van der Waals surface area contributed by atoms with Crippen molar-refractivity contribution in [2.45, 2.75) is 95.1 Å². The maximum Gasteiger partial charge on any atom is 0.271 e. The predicted octanol–water partition coefficient (Wildman–Crippen LogP) is 0.478. The third-order valence-electron chi connectivity index (χ3n) is 9.17. The average molecular weight is 748 g/mol. The molecule has 0 saturated carbocycles. The molecule has 6 N–H and O–H groups in total. The topological polar surface area (TPSA) is 225 Å². The van der Waals surface area contributed by atoms with Crippen LogP contribution in [0.15, 0.2) is 54.2 Å². The molecule has 6 atom stereocenters. The Morgan fingerprint density at radius 2 is 1.66 bits per heavy atom. The molecule has 2 fully saturated rings. The van der Waals surface area contributed by atoms with Crippen molar-refractivity contribution in [3.63, 3.8) is 0 Å². The van der Waals surface area contributed by atoms with E-state index in [0.717, 1.165) is 5.56 Å². The van der Waals surface area contributed by atoms with E-state index in [-0.39, 0.29) is 37.4 Å². The molecule has 4 heterocycles. The van der Waals surface area contributed by atoms with Crippen LogP contribution in [0.1, 0.15) is 68.4 Å². The first kappa shape index (κ1) is 38.9. The van der Waals surface area contributed by atoms with E-state index in [1.165, 1.54) is 28.5 Å². The van der Waals surface area contributed by atoms with Gasteiger partial charge in [0, 0.05) is 37.3 Å². The van der Waals surface area contributed by atoms with E-state index in [4.69, 9.17) is 0 Å². The summed E-state index contributed by atoms with van der Waals surface area (Å²) in [6.07, 6.45) is 4.04. The first-order valence-corrected chi connectivity index (χ1v) is 18.7. The van der Waals surface area contributed by atoms with E-state index in [9.17, 15) is 33.9 Å². The van der Waals surface area contributed by atoms with Gasteiger partial charge in [-0.1, -0.05) is 37.3 Å². The number of fused-ring (bicyclic) bond motifs is 1. The van der Waals surface area contributed by atoms with Gasteiger partial charge >= 0.3 is 0 Å². The van der Waals surface area contributed by atoms with Crippen LogP contribution < -0.4 is 26.6 Å². The highest BCUT2D eigenvalue weighted by Gasteiger charge is 2.39. The number of carbonyl (C=O) groups excluding carboxylic acids is 6. The molecule has 53 heavy (non-hydrogen) atoms. The molecule has 5 rings (SSSR count). The number of amides is 6. The quantitative estimate of drug-likeness (QED) is 0.196. The third-order valence-corrected chi connectivity index (χ3v) is 10.0. The number of hydrogen-bond donors (Lipinski definition) is 6. The predicted molar refractivity (Wildman–Crippen MR) is 194 cm³/mol. The van der Waals surface area contributed by atoms with Crippen LogP contribution in [0.5, 0.6) is 0 Å². The highest BCUT2D eigenvalue weighted by molar-refractivity contribution is 7.13. The summed E-state index contributed by atoms with van der Waals surface area (Å²) in [6, 6.07) is 5.17. The number of aliphatic hydroxyl groups excluding tert-OH is 1. The summed E-state index contributed by atoms with van der Waals surface area (Å²) in [4.78, 5) is 95.8. The second-order valence-electron chi connectivity index (χ2n) is 13.1. The maximum absolute atomic E-state index is 14.0. The van der Waals surface area contributed by atoms with Gasteiger partial charge in [-0.2, -0.15) is 0 Å². The first-order chi connectivity index (χ1) is 25.5. The van der Waals surface area contributed by atoms with Crippen LogP contribution in [0.25, 0.3) is 10.8 Å². The number of nitrogens with zero attached hydrogens (tertiary/aromatic N) is 4. The van der Waals surface area contributed by atoms with E-state index in [0.29, 0.717) is 43.1 Å². The summed E-state index contributed by atoms with van der Waals surface area (Å²) >= 11 is 1.17. The molecule has 1 aromatic carbocycles. The van der Waals surface area contributed by atoms with Gasteiger partial charge < -0.3 is 36.6 Å². The van der Waals surface area contributed by atoms with Crippen molar-refractivity contribution in [1.82, 2.24) is 46.4 Å². The van der Waals surface area contributed by atoms with Gasteiger partial charge in [0.1, 0.15) is 35.9 Å². The fourth-order valence-electron chi connectivity index (χ4n) is 6.29. The number of thiazole rings is 1. The Labute approximate surface area is 310 Å². The zero-order chi connectivity index (χ0) is 37.9. The Balaban J connectivity index is 1.38. The second-order valence-corrected chi connectivity index (χ2v) is 13.9. The number of aromatic nitrogens is 3. The lowest BCUT2D eigenvalue weighted by atomic mass is 10.0. The van der Waals surface area contributed by atoms with Crippen molar-refractivity contribution in [1.29, 1.82) is 0 Å². The van der Waals surface area contributed by atoms with Gasteiger partial charge in [-0.3, -0.25) is 28.8 Å². The SMILES string of the molecule is CC[C@@H]1NC(=O)[C@@H](NC(=O)c2csc(-c3ncccn3)n2)CCCCNC(=O)[C@@H]2CCCN2C(=O)[C@@H](Cc2ccccc2)NC(=O)[C@H]([C@@H](C)O)NC1=O. The molecule has 2 saturated heterocycles. The van der Waals surface area contributed by atoms with Crippen molar-refractivity contribution < 1.29 is 33.9 Å². The van der Waals surface area contributed by atoms with Crippen LogP contribution in [0.3, 0.4) is 0 Å². The Kier molecular flexibility index (Phi) is 13.6. The summed E-state index contributed by atoms with van der Waals surface area (Å²) in [7, 11) is 0. The number of aliphatic hydroxyl groups is 1. The van der Waals surface area contributed by atoms with Crippen LogP contribution >= 0.6 is 11.3 Å². The Bertz CT molecular complexity index is 1760. The summed E-state index contributed by atoms with van der Waals surface area (Å²) in [5, 5.41) is 26.2. The molecule has 282 valence electrons. The third kappa shape index (κ3) is 10.2. The van der Waals surface area contributed by atoms with Crippen molar-refractivity contribution >= 4 is 46.8 Å². The fraction of sp³-hybridized carbons (Fsp3) is 0.472. The maximum atomic E-state index is 14.0. The van der Waals surface area contributed by atoms with Gasteiger partial charge in [0.15, 0.2) is 10.8 Å². The van der Waals surface area contributed by atoms with Crippen LogP contribution in [0, 0.1) is 0 Å². The standard InChI is InChI=1S/C36H45N9O7S/c1-3-23-30(47)44-28(21(2)46)34(51)42-25(19-22-11-5-4-6-12-22)36(52)45-18-9-14-27(45)33(50)39-15-8-7-13-24(31(48)40-23)41-32(49)26-20-53-35(43-26)29-37-16-10-17-38-29/h4-6,10-12,16-17,20-21,23-25,27-28,46H,3,7-9,13-15,18-19H2,1-2H3,(H,39,50)(H,40,48)(H,41,49)(H,42,51)(H,44,47)/t21-,23+,24+,25-,27+,28+/m1/s1. The number of carbonyl (C=O) groups is 6. The molecule has 2 aliphatic heterocycles. The number of nitrogens with one attached hydrogen (secondary N) is 5. The van der Waals surface area contributed by atoms with Crippen LogP contribution in [0.2, 0.25) is 0 Å². The van der Waals surface area contributed by atoms with Gasteiger partial charge in [-0.15, -0.1) is 11.3 Å². The largest absolute Gasteiger partial charge is 0.391 e. The van der Waals surface area contributed by atoms with Crippen molar-refractivity contribution in [3.05, 3.63) is 65.4 Å². The zero-order valence-electron chi connectivity index (χ0n) is 29.6. The molecular weight excluding hydrogens is 703 g/mol. The molecule has 0 spiro atoms. The van der Waals surface area contributed by atoms with Crippen LogP contribution in [-0.4, -0.2) is 110 Å². The molecule has 0 bridgehead atoms. The Morgan fingerprint density at radius 3 is 2.38 bits per heavy atom. The van der Waals surface area contributed by atoms with Gasteiger partial charge in [-0.05, 0) is 57.1 Å². The van der Waals surface area contributed by atoms with E-state index >= 15 is 0 Å². The van der Waals surface area contributed by atoms with Crippen LogP contribution in [-0.2, 0) is 30.4 Å². The molecule has 0 unspecified atom stereocenters. The summed E-state index contributed by atoms with van der Waals surface area (Å²) in [6.45, 7) is 3.57. The molecule has 2 aliphatic rings. The highest BCUT2D eigenvalue weighted by atomic mass is 32.1. The lowest BCUT2D eigenvalue weighted by Crippen LogP contribution is -2.61. The summed E-state index contributed by atoms with van der Waals surface area (Å²) in [5.74, 6) is -3.24. The monoisotopic (exact) mass is 747 g/mol. The normalized spacial score (nSPS) is 24.3. The van der Waals surface area contributed by atoms with E-state index in [1.54, 1.807) is 25.4 Å². The number of benzene rings is 1. The molecule has 0 aliphatic carbocycles. The Morgan fingerprint density at radius 1 is 0.925 bits per heavy atom. The molecule has 16 nitrogen and oxygen atoms in total. The lowest BCUT2D eigenvalue weighted by Gasteiger charge is -2.30. The van der Waals surface area contributed by atoms with Crippen molar-refractivity contribution in [3.8, 4) is 10.8 Å². The lowest BCUT2D eigenvalue weighted by molar-refractivity contribution is -0.142. The van der Waals surface area contributed by atoms with E-state index < -0.39 is 65.8 Å². The molecule has 6 amide bonds. The summed E-state index contributed by atoms with van der Waals surface area (Å²) in [5.41, 5.74) is 0.822.